The highest BCUT2D eigenvalue weighted by atomic mass is 79.9. The van der Waals surface area contributed by atoms with E-state index in [1.807, 2.05) is 0 Å². The number of ether oxygens (including phenoxy) is 1. The van der Waals surface area contributed by atoms with Crippen LogP contribution in [0, 0.1) is 5.82 Å². The van der Waals surface area contributed by atoms with E-state index in [4.69, 9.17) is 21.9 Å². The molecule has 0 heterocycles. The zero-order valence-electron chi connectivity index (χ0n) is 8.95. The second-order valence-corrected chi connectivity index (χ2v) is 3.80. The minimum Gasteiger partial charge on any atom is -0.495 e. The number of methoxy groups -OCH3 is 1. The Morgan fingerprint density at radius 2 is 2.00 bits per heavy atom. The van der Waals surface area contributed by atoms with Gasteiger partial charge in [-0.25, -0.2) is 9.38 Å². The third-order valence-electron chi connectivity index (χ3n) is 1.70. The number of nitrogens with two attached hydrogens (primary N) is 3. The van der Waals surface area contributed by atoms with E-state index in [9.17, 15) is 4.39 Å². The van der Waals surface area contributed by atoms with Crippen LogP contribution in [0.25, 0.3) is 0 Å². The number of benzene rings is 1. The molecular formula is C9H11BrFN5O. The lowest BCUT2D eigenvalue weighted by molar-refractivity contribution is 0.411. The molecule has 0 fully saturated rings. The number of aliphatic imine (C=N–C) groups is 2. The Hall–Kier alpha value is -1.83. The Kier molecular flexibility index (Phi) is 4.27. The van der Waals surface area contributed by atoms with Crippen LogP contribution in [0.5, 0.6) is 5.75 Å². The highest BCUT2D eigenvalue weighted by Crippen LogP contribution is 2.31. The number of nitrogens with zero attached hydrogens (tertiary/aromatic N) is 2. The average molecular weight is 304 g/mol. The molecule has 0 aliphatic carbocycles. The van der Waals surface area contributed by atoms with Crippen LogP contribution in [0.1, 0.15) is 0 Å². The Labute approximate surface area is 105 Å². The van der Waals surface area contributed by atoms with Crippen molar-refractivity contribution in [3.05, 3.63) is 22.4 Å². The fourth-order valence-electron chi connectivity index (χ4n) is 1.04. The third-order valence-corrected chi connectivity index (χ3v) is 2.32. The van der Waals surface area contributed by atoms with Gasteiger partial charge in [0.05, 0.1) is 11.6 Å². The lowest BCUT2D eigenvalue weighted by Crippen LogP contribution is -2.26. The van der Waals surface area contributed by atoms with Gasteiger partial charge in [0.2, 0.25) is 5.96 Å². The summed E-state index contributed by atoms with van der Waals surface area (Å²) in [4.78, 5) is 7.19. The summed E-state index contributed by atoms with van der Waals surface area (Å²) in [5, 5.41) is 0. The van der Waals surface area contributed by atoms with Gasteiger partial charge in [0.15, 0.2) is 5.96 Å². The first kappa shape index (κ1) is 13.2. The summed E-state index contributed by atoms with van der Waals surface area (Å²) < 4.78 is 19.0. The van der Waals surface area contributed by atoms with Crippen molar-refractivity contribution in [1.29, 1.82) is 0 Å². The first-order valence-corrected chi connectivity index (χ1v) is 5.20. The van der Waals surface area contributed by atoms with Crippen LogP contribution in [0.3, 0.4) is 0 Å². The van der Waals surface area contributed by atoms with Gasteiger partial charge in [-0.2, -0.15) is 4.99 Å². The standard InChI is InChI=1S/C9H11BrFN5O/c1-17-7-3-6(5(11)2-4(7)10)15-9(14)16-8(12)13/h2-3H,1H3,(H6,12,13,14,15,16). The maximum absolute atomic E-state index is 13.5. The summed E-state index contributed by atoms with van der Waals surface area (Å²) >= 11 is 3.14. The van der Waals surface area contributed by atoms with Crippen LogP contribution < -0.4 is 21.9 Å². The summed E-state index contributed by atoms with van der Waals surface area (Å²) in [6.07, 6.45) is 0. The summed E-state index contributed by atoms with van der Waals surface area (Å²) in [6.45, 7) is 0. The molecule has 17 heavy (non-hydrogen) atoms. The number of rotatable bonds is 2. The van der Waals surface area contributed by atoms with Crippen molar-refractivity contribution in [2.24, 2.45) is 27.2 Å². The minimum absolute atomic E-state index is 0.0208. The van der Waals surface area contributed by atoms with Crippen molar-refractivity contribution in [3.8, 4) is 5.75 Å². The molecule has 0 spiro atoms. The van der Waals surface area contributed by atoms with Gasteiger partial charge >= 0.3 is 0 Å². The van der Waals surface area contributed by atoms with Gasteiger partial charge in [0, 0.05) is 6.07 Å². The highest BCUT2D eigenvalue weighted by molar-refractivity contribution is 9.10. The van der Waals surface area contributed by atoms with Crippen LogP contribution in [0.4, 0.5) is 10.1 Å². The molecule has 0 saturated carbocycles. The van der Waals surface area contributed by atoms with Gasteiger partial charge in [-0.05, 0) is 22.0 Å². The van der Waals surface area contributed by atoms with Crippen molar-refractivity contribution in [1.82, 2.24) is 0 Å². The SMILES string of the molecule is COc1cc(N=C(N)N=C(N)N)c(F)cc1Br. The van der Waals surface area contributed by atoms with Crippen molar-refractivity contribution >= 4 is 33.5 Å². The van der Waals surface area contributed by atoms with E-state index in [0.29, 0.717) is 10.2 Å². The molecule has 6 nitrogen and oxygen atoms in total. The molecular weight excluding hydrogens is 293 g/mol. The predicted octanol–water partition coefficient (Wildman–Crippen LogP) is 0.816. The summed E-state index contributed by atoms with van der Waals surface area (Å²) in [5.74, 6) is -0.655. The molecule has 8 heteroatoms. The van der Waals surface area contributed by atoms with Crippen LogP contribution in [0.15, 0.2) is 26.6 Å². The predicted molar refractivity (Wildman–Crippen MR) is 67.7 cm³/mol. The highest BCUT2D eigenvalue weighted by Gasteiger charge is 2.08. The smallest absolute Gasteiger partial charge is 0.223 e. The van der Waals surface area contributed by atoms with Gasteiger partial charge in [-0.15, -0.1) is 0 Å². The van der Waals surface area contributed by atoms with E-state index in [0.717, 1.165) is 0 Å². The normalized spacial score (nSPS) is 11.1. The van der Waals surface area contributed by atoms with Gasteiger partial charge in [-0.1, -0.05) is 0 Å². The number of halogens is 2. The molecule has 0 aliphatic rings. The fourth-order valence-corrected chi connectivity index (χ4v) is 1.52. The van der Waals surface area contributed by atoms with E-state index >= 15 is 0 Å². The van der Waals surface area contributed by atoms with E-state index in [2.05, 4.69) is 25.9 Å². The van der Waals surface area contributed by atoms with Crippen LogP contribution in [-0.2, 0) is 0 Å². The van der Waals surface area contributed by atoms with E-state index in [1.165, 1.54) is 19.2 Å². The van der Waals surface area contributed by atoms with Crippen molar-refractivity contribution in [2.75, 3.05) is 7.11 Å². The molecule has 0 radical (unpaired) electrons. The van der Waals surface area contributed by atoms with Crippen LogP contribution in [0.2, 0.25) is 0 Å². The van der Waals surface area contributed by atoms with E-state index in [1.54, 1.807) is 0 Å². The van der Waals surface area contributed by atoms with Gasteiger partial charge in [0.25, 0.3) is 0 Å². The summed E-state index contributed by atoms with van der Waals surface area (Å²) in [7, 11) is 1.45. The molecule has 92 valence electrons. The number of hydrogen-bond acceptors (Lipinski definition) is 2. The maximum Gasteiger partial charge on any atom is 0.223 e. The Morgan fingerprint density at radius 1 is 1.35 bits per heavy atom. The van der Waals surface area contributed by atoms with Crippen LogP contribution in [-0.4, -0.2) is 19.0 Å². The first-order chi connectivity index (χ1) is 7.93. The summed E-state index contributed by atoms with van der Waals surface area (Å²) in [6, 6.07) is 2.58. The Balaban J connectivity index is 3.19. The lowest BCUT2D eigenvalue weighted by Gasteiger charge is -2.05. The zero-order chi connectivity index (χ0) is 13.0. The van der Waals surface area contributed by atoms with Gasteiger partial charge in [-0.3, -0.25) is 0 Å². The largest absolute Gasteiger partial charge is 0.495 e. The van der Waals surface area contributed by atoms with Crippen molar-refractivity contribution in [2.45, 2.75) is 0 Å². The number of guanidine groups is 2. The average Bonchev–Trinajstić information content (AvgIpc) is 2.20. The number of hydrogen-bond donors (Lipinski definition) is 3. The molecule has 0 atom stereocenters. The minimum atomic E-state index is -0.577. The Bertz CT molecular complexity index is 485. The monoisotopic (exact) mass is 303 g/mol. The lowest BCUT2D eigenvalue weighted by atomic mass is 10.3. The molecule has 6 N–H and O–H groups in total. The van der Waals surface area contributed by atoms with Gasteiger partial charge in [0.1, 0.15) is 17.3 Å². The van der Waals surface area contributed by atoms with Gasteiger partial charge < -0.3 is 21.9 Å². The maximum atomic E-state index is 13.5. The fraction of sp³-hybridized carbons (Fsp3) is 0.111. The third kappa shape index (κ3) is 3.59. The molecule has 0 aliphatic heterocycles. The van der Waals surface area contributed by atoms with Crippen molar-refractivity contribution in [3.63, 3.8) is 0 Å². The second-order valence-electron chi connectivity index (χ2n) is 2.94. The van der Waals surface area contributed by atoms with E-state index in [-0.39, 0.29) is 17.6 Å². The molecule has 0 unspecified atom stereocenters. The molecule has 1 aromatic carbocycles. The molecule has 1 rings (SSSR count). The van der Waals surface area contributed by atoms with E-state index < -0.39 is 5.82 Å². The second kappa shape index (κ2) is 5.48. The summed E-state index contributed by atoms with van der Waals surface area (Å²) in [5.41, 5.74) is 15.6. The molecule has 0 amide bonds. The zero-order valence-corrected chi connectivity index (χ0v) is 10.5. The first-order valence-electron chi connectivity index (χ1n) is 4.41. The van der Waals surface area contributed by atoms with Crippen molar-refractivity contribution < 1.29 is 9.13 Å². The quantitative estimate of drug-likeness (QED) is 0.554. The van der Waals surface area contributed by atoms with Crippen LogP contribution >= 0.6 is 15.9 Å². The topological polar surface area (TPSA) is 112 Å². The molecule has 0 aromatic heterocycles. The Morgan fingerprint density at radius 3 is 2.53 bits per heavy atom. The molecule has 1 aromatic rings. The molecule has 0 saturated heterocycles. The molecule has 0 bridgehead atoms.